The van der Waals surface area contributed by atoms with E-state index in [-0.39, 0.29) is 5.97 Å². The highest BCUT2D eigenvalue weighted by Crippen LogP contribution is 2.24. The maximum absolute atomic E-state index is 11.9. The molecule has 2 rings (SSSR count). The Balaban J connectivity index is 2.16. The third-order valence-electron chi connectivity index (χ3n) is 3.25. The molecule has 1 atom stereocenters. The molecule has 0 aliphatic heterocycles. The van der Waals surface area contributed by atoms with Gasteiger partial charge >= 0.3 is 5.97 Å². The number of nitrogens with one attached hydrogen (secondary N) is 1. The van der Waals surface area contributed by atoms with Gasteiger partial charge in [0, 0.05) is 22.9 Å². The van der Waals surface area contributed by atoms with Crippen LogP contribution in [0.1, 0.15) is 37.3 Å². The number of rotatable bonds is 4. The first-order chi connectivity index (χ1) is 8.70. The maximum atomic E-state index is 11.9. The minimum atomic E-state index is -0.428. The minimum absolute atomic E-state index is 0.262. The number of halogens is 1. The highest BCUT2D eigenvalue weighted by molar-refractivity contribution is 9.10. The van der Waals surface area contributed by atoms with Crippen molar-refractivity contribution in [1.82, 2.24) is 10.3 Å². The number of methoxy groups -OCH3 is 1. The Kier molecular flexibility index (Phi) is 4.72. The van der Waals surface area contributed by atoms with Gasteiger partial charge in [0.25, 0.3) is 0 Å². The van der Waals surface area contributed by atoms with E-state index in [0.717, 1.165) is 22.9 Å². The van der Waals surface area contributed by atoms with Gasteiger partial charge in [-0.05, 0) is 40.4 Å². The zero-order valence-corrected chi connectivity index (χ0v) is 11.9. The van der Waals surface area contributed by atoms with Crippen LogP contribution in [0, 0.1) is 0 Å². The first kappa shape index (κ1) is 13.5. The van der Waals surface area contributed by atoms with Crippen LogP contribution in [-0.2, 0) is 9.53 Å². The molecule has 0 spiro atoms. The summed E-state index contributed by atoms with van der Waals surface area (Å²) >= 11 is 3.37. The second kappa shape index (κ2) is 6.29. The molecule has 1 aromatic heterocycles. The first-order valence-corrected chi connectivity index (χ1v) is 6.94. The monoisotopic (exact) mass is 312 g/mol. The Morgan fingerprint density at radius 1 is 1.50 bits per heavy atom. The van der Waals surface area contributed by atoms with Crippen molar-refractivity contribution in [2.75, 3.05) is 7.11 Å². The second-order valence-corrected chi connectivity index (χ2v) is 5.46. The van der Waals surface area contributed by atoms with Gasteiger partial charge in [0.2, 0.25) is 0 Å². The molecule has 0 saturated heterocycles. The van der Waals surface area contributed by atoms with E-state index in [4.69, 9.17) is 4.74 Å². The average molecular weight is 313 g/mol. The largest absolute Gasteiger partial charge is 0.468 e. The van der Waals surface area contributed by atoms with Gasteiger partial charge in [-0.15, -0.1) is 0 Å². The molecule has 18 heavy (non-hydrogen) atoms. The standard InChI is InChI=1S/C13H17BrN2O2/c1-18-13(17)12(16-11-4-2-3-5-11)9-6-10(14)8-15-7-9/h6-8,11-12,16H,2-5H2,1H3. The summed E-state index contributed by atoms with van der Waals surface area (Å²) < 4.78 is 5.74. The Hall–Kier alpha value is -0.940. The van der Waals surface area contributed by atoms with Crippen LogP contribution >= 0.6 is 15.9 Å². The summed E-state index contributed by atoms with van der Waals surface area (Å²) in [6, 6.07) is 1.87. The smallest absolute Gasteiger partial charge is 0.327 e. The number of nitrogens with zero attached hydrogens (tertiary/aromatic N) is 1. The normalized spacial score (nSPS) is 17.7. The van der Waals surface area contributed by atoms with Gasteiger partial charge in [-0.2, -0.15) is 0 Å². The number of ether oxygens (including phenoxy) is 1. The Morgan fingerprint density at radius 2 is 2.22 bits per heavy atom. The number of hydrogen-bond acceptors (Lipinski definition) is 4. The summed E-state index contributed by atoms with van der Waals surface area (Å²) in [5.41, 5.74) is 0.836. The quantitative estimate of drug-likeness (QED) is 0.868. The zero-order chi connectivity index (χ0) is 13.0. The van der Waals surface area contributed by atoms with Crippen LogP contribution in [0.15, 0.2) is 22.9 Å². The summed E-state index contributed by atoms with van der Waals surface area (Å²) in [6.45, 7) is 0. The Labute approximate surface area is 115 Å². The highest BCUT2D eigenvalue weighted by atomic mass is 79.9. The van der Waals surface area contributed by atoms with E-state index in [2.05, 4.69) is 26.2 Å². The summed E-state index contributed by atoms with van der Waals surface area (Å²) in [6.07, 6.45) is 8.09. The van der Waals surface area contributed by atoms with E-state index in [1.54, 1.807) is 12.4 Å². The van der Waals surface area contributed by atoms with Crippen LogP contribution in [0.5, 0.6) is 0 Å². The zero-order valence-electron chi connectivity index (χ0n) is 10.4. The van der Waals surface area contributed by atoms with Crippen LogP contribution < -0.4 is 5.32 Å². The van der Waals surface area contributed by atoms with Crippen LogP contribution in [0.3, 0.4) is 0 Å². The van der Waals surface area contributed by atoms with Crippen molar-refractivity contribution in [3.8, 4) is 0 Å². The lowest BCUT2D eigenvalue weighted by Crippen LogP contribution is -2.36. The summed E-state index contributed by atoms with van der Waals surface area (Å²) in [7, 11) is 1.41. The molecule has 0 amide bonds. The van der Waals surface area contributed by atoms with Crippen LogP contribution in [0.4, 0.5) is 0 Å². The van der Waals surface area contributed by atoms with Crippen molar-refractivity contribution < 1.29 is 9.53 Å². The number of pyridine rings is 1. The summed E-state index contributed by atoms with van der Waals surface area (Å²) in [5.74, 6) is -0.262. The van der Waals surface area contributed by atoms with Crippen molar-refractivity contribution in [3.05, 3.63) is 28.5 Å². The van der Waals surface area contributed by atoms with Gasteiger partial charge in [-0.25, -0.2) is 4.79 Å². The molecule has 1 saturated carbocycles. The van der Waals surface area contributed by atoms with Crippen LogP contribution in [0.25, 0.3) is 0 Å². The lowest BCUT2D eigenvalue weighted by atomic mass is 10.1. The van der Waals surface area contributed by atoms with Gasteiger partial charge in [0.15, 0.2) is 0 Å². The minimum Gasteiger partial charge on any atom is -0.468 e. The Morgan fingerprint density at radius 3 is 2.83 bits per heavy atom. The van der Waals surface area contributed by atoms with Gasteiger partial charge in [-0.3, -0.25) is 10.3 Å². The van der Waals surface area contributed by atoms with Crippen molar-refractivity contribution in [2.24, 2.45) is 0 Å². The third kappa shape index (κ3) is 3.29. The van der Waals surface area contributed by atoms with E-state index in [1.165, 1.54) is 20.0 Å². The number of aromatic nitrogens is 1. The molecule has 1 fully saturated rings. The molecule has 4 nitrogen and oxygen atoms in total. The molecule has 1 heterocycles. The van der Waals surface area contributed by atoms with Crippen molar-refractivity contribution >= 4 is 21.9 Å². The lowest BCUT2D eigenvalue weighted by molar-refractivity contribution is -0.143. The SMILES string of the molecule is COC(=O)C(NC1CCCC1)c1cncc(Br)c1. The van der Waals surface area contributed by atoms with Gasteiger partial charge < -0.3 is 4.74 Å². The number of carbonyl (C=O) groups excluding carboxylic acids is 1. The fourth-order valence-electron chi connectivity index (χ4n) is 2.33. The fourth-order valence-corrected chi connectivity index (χ4v) is 2.72. The highest BCUT2D eigenvalue weighted by Gasteiger charge is 2.26. The molecule has 0 bridgehead atoms. The molecule has 5 heteroatoms. The van der Waals surface area contributed by atoms with E-state index < -0.39 is 6.04 Å². The fraction of sp³-hybridized carbons (Fsp3) is 0.538. The molecule has 1 aliphatic carbocycles. The molecule has 98 valence electrons. The van der Waals surface area contributed by atoms with Crippen molar-refractivity contribution in [2.45, 2.75) is 37.8 Å². The summed E-state index contributed by atoms with van der Waals surface area (Å²) in [5, 5.41) is 3.37. The van der Waals surface area contributed by atoms with Crippen LogP contribution in [0.2, 0.25) is 0 Å². The van der Waals surface area contributed by atoms with Crippen LogP contribution in [-0.4, -0.2) is 24.1 Å². The van der Waals surface area contributed by atoms with Gasteiger partial charge in [-0.1, -0.05) is 12.8 Å². The van der Waals surface area contributed by atoms with E-state index in [1.807, 2.05) is 6.07 Å². The first-order valence-electron chi connectivity index (χ1n) is 6.15. The molecule has 0 aromatic carbocycles. The van der Waals surface area contributed by atoms with E-state index in [9.17, 15) is 4.79 Å². The van der Waals surface area contributed by atoms with E-state index in [0.29, 0.717) is 6.04 Å². The predicted molar refractivity (Wildman–Crippen MR) is 72.1 cm³/mol. The Bertz CT molecular complexity index is 419. The maximum Gasteiger partial charge on any atom is 0.327 e. The number of hydrogen-bond donors (Lipinski definition) is 1. The average Bonchev–Trinajstić information content (AvgIpc) is 2.88. The molecule has 1 unspecified atom stereocenters. The topological polar surface area (TPSA) is 51.2 Å². The van der Waals surface area contributed by atoms with Gasteiger partial charge in [0.05, 0.1) is 7.11 Å². The molecule has 0 radical (unpaired) electrons. The molecular formula is C13H17BrN2O2. The summed E-state index contributed by atoms with van der Waals surface area (Å²) in [4.78, 5) is 16.0. The van der Waals surface area contributed by atoms with Crippen molar-refractivity contribution in [1.29, 1.82) is 0 Å². The molecular weight excluding hydrogens is 296 g/mol. The lowest BCUT2D eigenvalue weighted by Gasteiger charge is -2.21. The molecule has 1 aliphatic rings. The molecule has 1 aromatic rings. The second-order valence-electron chi connectivity index (χ2n) is 4.54. The predicted octanol–water partition coefficient (Wildman–Crippen LogP) is 2.59. The van der Waals surface area contributed by atoms with Gasteiger partial charge in [0.1, 0.15) is 6.04 Å². The number of carbonyl (C=O) groups is 1. The van der Waals surface area contributed by atoms with E-state index >= 15 is 0 Å². The molecule has 1 N–H and O–H groups in total. The third-order valence-corrected chi connectivity index (χ3v) is 3.69. The number of esters is 1. The van der Waals surface area contributed by atoms with Crippen molar-refractivity contribution in [3.63, 3.8) is 0 Å².